The lowest BCUT2D eigenvalue weighted by molar-refractivity contribution is -0.143. The molecule has 0 aliphatic heterocycles. The fourth-order valence-corrected chi connectivity index (χ4v) is 7.91. The van der Waals surface area contributed by atoms with Crippen molar-refractivity contribution in [3.63, 3.8) is 0 Å². The van der Waals surface area contributed by atoms with Crippen LogP contribution in [-0.2, 0) is 14.3 Å². The summed E-state index contributed by atoms with van der Waals surface area (Å²) in [5.74, 6) is -0.119. The van der Waals surface area contributed by atoms with Gasteiger partial charge in [-0.05, 0) is 89.9 Å². The van der Waals surface area contributed by atoms with Gasteiger partial charge >= 0.3 is 5.97 Å². The Morgan fingerprint density at radius 3 is 1.24 bits per heavy atom. The third kappa shape index (κ3) is 47.3. The van der Waals surface area contributed by atoms with Gasteiger partial charge < -0.3 is 20.3 Å². The van der Waals surface area contributed by atoms with Crippen LogP contribution in [0.3, 0.4) is 0 Å². The van der Waals surface area contributed by atoms with Crippen molar-refractivity contribution in [1.82, 2.24) is 5.32 Å². The summed E-state index contributed by atoms with van der Waals surface area (Å²) in [6, 6.07) is -0.644. The number of esters is 1. The molecule has 0 aliphatic rings. The molecule has 2 unspecified atom stereocenters. The number of unbranched alkanes of at least 4 members (excludes halogenated alkanes) is 33. The zero-order valence-electron chi connectivity index (χ0n) is 41.1. The van der Waals surface area contributed by atoms with Gasteiger partial charge in [0.15, 0.2) is 0 Å². The van der Waals surface area contributed by atoms with E-state index in [1.165, 1.54) is 167 Å². The first-order chi connectivity index (χ1) is 30.5. The molecule has 0 fully saturated rings. The second-order valence-corrected chi connectivity index (χ2v) is 18.2. The number of hydrogen-bond donors (Lipinski definition) is 3. The van der Waals surface area contributed by atoms with Gasteiger partial charge in [-0.3, -0.25) is 9.59 Å². The van der Waals surface area contributed by atoms with E-state index < -0.39 is 12.1 Å². The van der Waals surface area contributed by atoms with Crippen LogP contribution in [0.1, 0.15) is 271 Å². The molecule has 362 valence electrons. The molecule has 62 heavy (non-hydrogen) atoms. The zero-order chi connectivity index (χ0) is 45.1. The fourth-order valence-electron chi connectivity index (χ4n) is 7.91. The van der Waals surface area contributed by atoms with Gasteiger partial charge in [0.2, 0.25) is 5.91 Å². The number of hydrogen-bond acceptors (Lipinski definition) is 5. The van der Waals surface area contributed by atoms with E-state index in [2.05, 4.69) is 55.6 Å². The van der Waals surface area contributed by atoms with Gasteiger partial charge in [0.25, 0.3) is 0 Å². The highest BCUT2D eigenvalue weighted by Crippen LogP contribution is 2.15. The molecular formula is C56H103NO5. The summed E-state index contributed by atoms with van der Waals surface area (Å²) in [4.78, 5) is 24.5. The molecule has 2 atom stereocenters. The predicted octanol–water partition coefficient (Wildman–Crippen LogP) is 16.2. The number of rotatable bonds is 49. The minimum atomic E-state index is -0.858. The summed E-state index contributed by atoms with van der Waals surface area (Å²) in [6.07, 6.45) is 64.1. The number of nitrogens with one attached hydrogen (secondary N) is 1. The smallest absolute Gasteiger partial charge is 0.305 e. The molecule has 1 amide bonds. The molecule has 0 saturated carbocycles. The molecule has 0 rings (SSSR count). The Morgan fingerprint density at radius 1 is 0.452 bits per heavy atom. The molecule has 3 N–H and O–H groups in total. The van der Waals surface area contributed by atoms with Crippen molar-refractivity contribution in [2.24, 2.45) is 0 Å². The number of aliphatic hydroxyl groups is 2. The zero-order valence-corrected chi connectivity index (χ0v) is 41.1. The van der Waals surface area contributed by atoms with Gasteiger partial charge in [0.05, 0.1) is 25.4 Å². The lowest BCUT2D eigenvalue weighted by Crippen LogP contribution is -2.45. The van der Waals surface area contributed by atoms with Crippen LogP contribution in [0.2, 0.25) is 0 Å². The molecule has 0 saturated heterocycles. The lowest BCUT2D eigenvalue weighted by Gasteiger charge is -2.20. The first-order valence-electron chi connectivity index (χ1n) is 26.9. The van der Waals surface area contributed by atoms with Crippen LogP contribution in [-0.4, -0.2) is 47.4 Å². The summed E-state index contributed by atoms with van der Waals surface area (Å²) < 4.78 is 5.45. The van der Waals surface area contributed by atoms with Gasteiger partial charge in [-0.25, -0.2) is 0 Å². The second-order valence-electron chi connectivity index (χ2n) is 18.2. The predicted molar refractivity (Wildman–Crippen MR) is 269 cm³/mol. The Morgan fingerprint density at radius 2 is 0.806 bits per heavy atom. The number of amides is 1. The molecule has 0 aromatic rings. The van der Waals surface area contributed by atoms with Crippen LogP contribution in [0, 0.1) is 0 Å². The van der Waals surface area contributed by atoms with Crippen LogP contribution in [0.15, 0.2) is 48.6 Å². The molecule has 0 aromatic heterocycles. The van der Waals surface area contributed by atoms with Crippen LogP contribution < -0.4 is 5.32 Å². The third-order valence-electron chi connectivity index (χ3n) is 12.1. The molecule has 6 heteroatoms. The van der Waals surface area contributed by atoms with E-state index in [-0.39, 0.29) is 18.5 Å². The van der Waals surface area contributed by atoms with E-state index in [0.717, 1.165) is 77.0 Å². The topological polar surface area (TPSA) is 95.9 Å². The number of aliphatic hydroxyl groups excluding tert-OH is 2. The highest BCUT2D eigenvalue weighted by molar-refractivity contribution is 5.76. The molecule has 0 aromatic carbocycles. The van der Waals surface area contributed by atoms with Crippen molar-refractivity contribution < 1.29 is 24.5 Å². The highest BCUT2D eigenvalue weighted by Gasteiger charge is 2.18. The van der Waals surface area contributed by atoms with Gasteiger partial charge in [0.1, 0.15) is 0 Å². The average molecular weight is 870 g/mol. The minimum Gasteiger partial charge on any atom is -0.466 e. The number of carbonyl (C=O) groups is 2. The van der Waals surface area contributed by atoms with E-state index >= 15 is 0 Å². The fraction of sp³-hybridized carbons (Fsp3) is 0.821. The van der Waals surface area contributed by atoms with Crippen molar-refractivity contribution >= 4 is 11.9 Å². The number of carbonyl (C=O) groups excluding carboxylic acids is 2. The van der Waals surface area contributed by atoms with Gasteiger partial charge in [-0.1, -0.05) is 217 Å². The van der Waals surface area contributed by atoms with Crippen LogP contribution in [0.25, 0.3) is 0 Å². The summed E-state index contributed by atoms with van der Waals surface area (Å²) >= 11 is 0. The lowest BCUT2D eigenvalue weighted by atomic mass is 10.1. The summed E-state index contributed by atoms with van der Waals surface area (Å²) in [6.45, 7) is 4.83. The first-order valence-corrected chi connectivity index (χ1v) is 26.9. The van der Waals surface area contributed by atoms with Crippen LogP contribution >= 0.6 is 0 Å². The third-order valence-corrected chi connectivity index (χ3v) is 12.1. The Hall–Kier alpha value is -2.18. The Kier molecular flexibility index (Phi) is 49.6. The van der Waals surface area contributed by atoms with Crippen molar-refractivity contribution in [3.05, 3.63) is 48.6 Å². The maximum absolute atomic E-state index is 12.4. The summed E-state index contributed by atoms with van der Waals surface area (Å²) in [5.41, 5.74) is 0. The average Bonchev–Trinajstić information content (AvgIpc) is 3.27. The molecule has 0 radical (unpaired) electrons. The van der Waals surface area contributed by atoms with Crippen molar-refractivity contribution in [1.29, 1.82) is 0 Å². The van der Waals surface area contributed by atoms with Crippen molar-refractivity contribution in [2.45, 2.75) is 283 Å². The molecule has 0 bridgehead atoms. The van der Waals surface area contributed by atoms with Crippen LogP contribution in [0.4, 0.5) is 0 Å². The summed E-state index contributed by atoms with van der Waals surface area (Å²) in [7, 11) is 0. The van der Waals surface area contributed by atoms with Gasteiger partial charge in [-0.15, -0.1) is 0 Å². The molecule has 0 spiro atoms. The maximum Gasteiger partial charge on any atom is 0.305 e. The number of ether oxygens (including phenoxy) is 1. The second kappa shape index (κ2) is 51.5. The van der Waals surface area contributed by atoms with E-state index in [4.69, 9.17) is 4.74 Å². The van der Waals surface area contributed by atoms with Gasteiger partial charge in [-0.2, -0.15) is 0 Å². The first kappa shape index (κ1) is 59.8. The normalized spacial score (nSPS) is 13.0. The largest absolute Gasteiger partial charge is 0.466 e. The van der Waals surface area contributed by atoms with E-state index in [1.807, 2.05) is 6.08 Å². The molecule has 0 heterocycles. The standard InChI is InChI=1S/C56H103NO5/c1-3-5-7-9-11-13-15-17-18-19-20-23-26-30-34-38-42-46-50-56(61)62-51-47-43-39-35-31-27-24-21-22-25-29-33-37-41-45-49-55(60)57-53(52-58)54(59)48-44-40-36-32-28-16-14-12-10-8-6-4-2/h18-19,21,24,27,31,44,48,53-54,58-59H,3-17,20,22-23,25-26,28-30,32-43,45-47,49-52H2,1-2H3,(H,57,60)/b19-18-,24-21-,31-27-,48-44+. The minimum absolute atomic E-state index is 0.0266. The molecule has 6 nitrogen and oxygen atoms in total. The quantitative estimate of drug-likeness (QED) is 0.0245. The molecular weight excluding hydrogens is 767 g/mol. The summed E-state index contributed by atoms with van der Waals surface area (Å²) in [5, 5.41) is 23.0. The van der Waals surface area contributed by atoms with E-state index in [1.54, 1.807) is 6.08 Å². The highest BCUT2D eigenvalue weighted by atomic mass is 16.5. The van der Waals surface area contributed by atoms with Crippen LogP contribution in [0.5, 0.6) is 0 Å². The molecule has 0 aliphatic carbocycles. The maximum atomic E-state index is 12.4. The Balaban J connectivity index is 3.53. The van der Waals surface area contributed by atoms with Crippen molar-refractivity contribution in [3.8, 4) is 0 Å². The SMILES string of the molecule is CCCCCCCCC/C=C\CCCCCCCCCC(=O)OCCCCC/C=C\C=C/CCCCCCCCC(=O)NC(CO)C(O)/C=C/CCCCCCCCCCCC. The Labute approximate surface area is 385 Å². The van der Waals surface area contributed by atoms with E-state index in [0.29, 0.717) is 19.4 Å². The van der Waals surface area contributed by atoms with Crippen molar-refractivity contribution in [2.75, 3.05) is 13.2 Å². The Bertz CT molecular complexity index is 1050. The van der Waals surface area contributed by atoms with Gasteiger partial charge in [0, 0.05) is 12.8 Å². The number of allylic oxidation sites excluding steroid dienone is 7. The monoisotopic (exact) mass is 870 g/mol. The van der Waals surface area contributed by atoms with E-state index in [9.17, 15) is 19.8 Å².